The van der Waals surface area contributed by atoms with Crippen LogP contribution in [-0.4, -0.2) is 46.1 Å². The fourth-order valence-corrected chi connectivity index (χ4v) is 5.78. The predicted molar refractivity (Wildman–Crippen MR) is 134 cm³/mol. The summed E-state index contributed by atoms with van der Waals surface area (Å²) < 4.78 is 38.9. The monoisotopic (exact) mass is 516 g/mol. The number of carbonyl (C=O) groups is 1. The maximum absolute atomic E-state index is 14.8. The Morgan fingerprint density at radius 1 is 1.25 bits per heavy atom. The third-order valence-corrected chi connectivity index (χ3v) is 8.99. The highest BCUT2D eigenvalue weighted by Gasteiger charge is 2.46. The lowest BCUT2D eigenvalue weighted by atomic mass is 10.00. The van der Waals surface area contributed by atoms with Crippen molar-refractivity contribution in [3.63, 3.8) is 0 Å². The summed E-state index contributed by atoms with van der Waals surface area (Å²) in [5.74, 6) is -1.41. The number of amides is 1. The second kappa shape index (κ2) is 10.1. The van der Waals surface area contributed by atoms with Crippen LogP contribution in [0.2, 0.25) is 0 Å². The third kappa shape index (κ3) is 5.04. The summed E-state index contributed by atoms with van der Waals surface area (Å²) >= 11 is 0. The molecule has 1 atom stereocenters. The van der Waals surface area contributed by atoms with Gasteiger partial charge in [0, 0.05) is 31.0 Å². The summed E-state index contributed by atoms with van der Waals surface area (Å²) in [6, 6.07) is 10.4. The normalized spacial score (nSPS) is 15.6. The first-order chi connectivity index (χ1) is 17.1. The molecule has 1 fully saturated rings. The molecule has 1 amide bonds. The quantitative estimate of drug-likeness (QED) is 0.279. The van der Waals surface area contributed by atoms with Gasteiger partial charge < -0.3 is 5.32 Å². The van der Waals surface area contributed by atoms with E-state index < -0.39 is 26.1 Å². The van der Waals surface area contributed by atoms with E-state index in [9.17, 15) is 22.4 Å². The van der Waals surface area contributed by atoms with Gasteiger partial charge in [-0.1, -0.05) is 25.1 Å². The van der Waals surface area contributed by atoms with Crippen LogP contribution in [0.4, 0.5) is 4.39 Å². The van der Waals surface area contributed by atoms with Gasteiger partial charge in [-0.15, -0.1) is 0 Å². The summed E-state index contributed by atoms with van der Waals surface area (Å²) in [5.41, 5.74) is 3.21. The fraction of sp³-hybridized carbons (Fsp3) is 0.400. The number of aryl methyl sites for hydroxylation is 1. The molecule has 0 unspecified atom stereocenters. The average molecular weight is 517 g/mol. The Bertz CT molecular complexity index is 1470. The van der Waals surface area contributed by atoms with Crippen LogP contribution < -0.4 is 16.4 Å². The largest absolute Gasteiger partial charge is 0.310 e. The van der Waals surface area contributed by atoms with Gasteiger partial charge >= 0.3 is 0 Å². The zero-order valence-electron chi connectivity index (χ0n) is 20.1. The van der Waals surface area contributed by atoms with Gasteiger partial charge in [0.2, 0.25) is 0 Å². The smallest absolute Gasteiger partial charge is 0.264 e. The van der Waals surface area contributed by atoms with Gasteiger partial charge in [0.25, 0.3) is 11.5 Å². The molecule has 1 aliphatic carbocycles. The molecule has 1 saturated carbocycles. The summed E-state index contributed by atoms with van der Waals surface area (Å²) in [7, 11) is -3.91. The second-order valence-corrected chi connectivity index (χ2v) is 11.6. The Labute approximate surface area is 208 Å². The van der Waals surface area contributed by atoms with E-state index in [1.54, 1.807) is 24.3 Å². The number of fused-ring (bicyclic) bond motifs is 1. The first-order valence-corrected chi connectivity index (χ1v) is 13.6. The predicted octanol–water partition coefficient (Wildman–Crippen LogP) is 2.54. The Kier molecular flexibility index (Phi) is 7.26. The number of sulfone groups is 1. The van der Waals surface area contributed by atoms with E-state index in [2.05, 4.69) is 10.3 Å². The molecule has 3 N–H and O–H groups in total. The lowest BCUT2D eigenvalue weighted by Crippen LogP contribution is -2.51. The number of hydrogen-bond donors (Lipinski definition) is 3. The minimum absolute atomic E-state index is 0.0850. The molecule has 0 spiro atoms. The molecular formula is C25H29FN4O5S. The maximum atomic E-state index is 14.8. The van der Waals surface area contributed by atoms with Crippen molar-refractivity contribution < 1.29 is 22.8 Å². The number of rotatable bonds is 10. The summed E-state index contributed by atoms with van der Waals surface area (Å²) in [6.07, 6.45) is 4.19. The molecule has 1 heterocycles. The van der Waals surface area contributed by atoms with Crippen LogP contribution in [0.5, 0.6) is 0 Å². The first kappa shape index (κ1) is 25.9. The minimum Gasteiger partial charge on any atom is -0.310 e. The second-order valence-electron chi connectivity index (χ2n) is 9.26. The lowest BCUT2D eigenvalue weighted by molar-refractivity contribution is -0.132. The van der Waals surface area contributed by atoms with Crippen LogP contribution in [0.3, 0.4) is 0 Å². The van der Waals surface area contributed by atoms with Crippen LogP contribution >= 0.6 is 0 Å². The Hall–Kier alpha value is -3.15. The number of nitrogens with zero attached hydrogens (tertiary/aromatic N) is 2. The number of nitrogens with one attached hydrogen (secondary N) is 2. The summed E-state index contributed by atoms with van der Waals surface area (Å²) in [4.78, 5) is 29.6. The van der Waals surface area contributed by atoms with Crippen molar-refractivity contribution in [2.75, 3.05) is 6.26 Å². The highest BCUT2D eigenvalue weighted by atomic mass is 32.2. The topological polar surface area (TPSA) is 130 Å². The van der Waals surface area contributed by atoms with Crippen LogP contribution in [0, 0.1) is 5.82 Å². The fourth-order valence-electron chi connectivity index (χ4n) is 4.41. The molecule has 9 nitrogen and oxygen atoms in total. The van der Waals surface area contributed by atoms with Gasteiger partial charge in [-0.05, 0) is 55.0 Å². The molecule has 4 rings (SSSR count). The van der Waals surface area contributed by atoms with Crippen molar-refractivity contribution in [2.45, 2.75) is 56.5 Å². The van der Waals surface area contributed by atoms with Gasteiger partial charge in [-0.25, -0.2) is 23.3 Å². The van der Waals surface area contributed by atoms with Crippen LogP contribution in [0.25, 0.3) is 22.0 Å². The van der Waals surface area contributed by atoms with Crippen molar-refractivity contribution in [1.82, 2.24) is 20.3 Å². The Morgan fingerprint density at radius 3 is 2.61 bits per heavy atom. The minimum atomic E-state index is -3.91. The van der Waals surface area contributed by atoms with Crippen LogP contribution in [0.1, 0.15) is 38.2 Å². The van der Waals surface area contributed by atoms with E-state index in [0.717, 1.165) is 24.7 Å². The Balaban J connectivity index is 1.59. The molecule has 1 aromatic heterocycles. The van der Waals surface area contributed by atoms with Gasteiger partial charge in [0.05, 0.1) is 17.2 Å². The van der Waals surface area contributed by atoms with Crippen molar-refractivity contribution in [3.8, 4) is 11.1 Å². The molecular weight excluding hydrogens is 487 g/mol. The van der Waals surface area contributed by atoms with Crippen molar-refractivity contribution >= 4 is 26.6 Å². The van der Waals surface area contributed by atoms with E-state index in [1.165, 1.54) is 29.4 Å². The van der Waals surface area contributed by atoms with E-state index in [1.807, 2.05) is 6.07 Å². The van der Waals surface area contributed by atoms with Crippen LogP contribution in [0.15, 0.2) is 47.5 Å². The maximum Gasteiger partial charge on any atom is 0.264 e. The van der Waals surface area contributed by atoms with Gasteiger partial charge in [-0.3, -0.25) is 19.4 Å². The van der Waals surface area contributed by atoms with Crippen LogP contribution in [-0.2, 0) is 27.7 Å². The molecule has 1 aliphatic rings. The number of carbonyl (C=O) groups excluding carboxylic acids is 1. The SMILES string of the molecule is CC[C@@](CCn1cnc2cc(-c3ccc(CNC4CC4)cc3F)ccc2c1=O)(C(=O)NO)S(C)(=O)=O. The molecule has 0 saturated heterocycles. The highest BCUT2D eigenvalue weighted by molar-refractivity contribution is 7.92. The third-order valence-electron chi connectivity index (χ3n) is 6.89. The standard InChI is InChI=1S/C25H29FN4O5S/c1-3-25(24(32)29-33,36(2,34)35)10-11-30-15-28-22-13-17(5-9-20(22)23(30)31)19-8-4-16(12-21(19)26)14-27-18-6-7-18/h4-5,8-9,12-13,15,18,27,33H,3,6-7,10-11,14H2,1-2H3,(H,29,32)/t25-/m1/s1. The van der Waals surface area contributed by atoms with E-state index in [4.69, 9.17) is 5.21 Å². The first-order valence-electron chi connectivity index (χ1n) is 11.7. The van der Waals surface area contributed by atoms with Gasteiger partial charge in [0.15, 0.2) is 14.6 Å². The van der Waals surface area contributed by atoms with E-state index >= 15 is 0 Å². The summed E-state index contributed by atoms with van der Waals surface area (Å²) in [5, 5.41) is 12.7. The molecule has 2 aromatic carbocycles. The van der Waals surface area contributed by atoms with E-state index in [0.29, 0.717) is 29.2 Å². The zero-order chi connectivity index (χ0) is 26.1. The van der Waals surface area contributed by atoms with Gasteiger partial charge in [-0.2, -0.15) is 0 Å². The average Bonchev–Trinajstić information content (AvgIpc) is 3.68. The van der Waals surface area contributed by atoms with Crippen molar-refractivity contribution in [3.05, 3.63) is 64.5 Å². The molecule has 3 aromatic rings. The molecule has 36 heavy (non-hydrogen) atoms. The molecule has 0 bridgehead atoms. The zero-order valence-corrected chi connectivity index (χ0v) is 20.9. The van der Waals surface area contributed by atoms with Crippen molar-refractivity contribution in [2.24, 2.45) is 0 Å². The number of benzene rings is 2. The molecule has 192 valence electrons. The molecule has 11 heteroatoms. The Morgan fingerprint density at radius 2 is 2.00 bits per heavy atom. The summed E-state index contributed by atoms with van der Waals surface area (Å²) in [6.45, 7) is 2.02. The van der Waals surface area contributed by atoms with E-state index in [-0.39, 0.29) is 30.6 Å². The number of hydrogen-bond acceptors (Lipinski definition) is 7. The number of halogens is 1. The molecule has 0 aliphatic heterocycles. The number of hydroxylamine groups is 1. The van der Waals surface area contributed by atoms with Gasteiger partial charge in [0.1, 0.15) is 5.82 Å². The van der Waals surface area contributed by atoms with Crippen molar-refractivity contribution in [1.29, 1.82) is 0 Å². The number of aromatic nitrogens is 2. The highest BCUT2D eigenvalue weighted by Crippen LogP contribution is 2.28. The lowest BCUT2D eigenvalue weighted by Gasteiger charge is -2.28. The molecule has 0 radical (unpaired) electrons.